The molecule has 0 atom stereocenters. The predicted molar refractivity (Wildman–Crippen MR) is 135 cm³/mol. The van der Waals surface area contributed by atoms with Gasteiger partial charge in [-0.25, -0.2) is 4.98 Å². The first kappa shape index (κ1) is 22.4. The third-order valence-corrected chi connectivity index (χ3v) is 7.01. The number of rotatable bonds is 7. The molecule has 1 aliphatic rings. The Morgan fingerprint density at radius 2 is 1.91 bits per heavy atom. The van der Waals surface area contributed by atoms with E-state index in [1.807, 2.05) is 60.4 Å². The van der Waals surface area contributed by atoms with Crippen LogP contribution in [0.5, 0.6) is 11.5 Å². The average molecular weight is 477 g/mol. The number of benzene rings is 2. The highest BCUT2D eigenvalue weighted by Crippen LogP contribution is 2.34. The number of hydrogen-bond donors (Lipinski definition) is 1. The number of thiazole rings is 1. The lowest BCUT2D eigenvalue weighted by Crippen LogP contribution is -2.48. The van der Waals surface area contributed by atoms with E-state index in [9.17, 15) is 4.79 Å². The van der Waals surface area contributed by atoms with E-state index in [1.165, 1.54) is 0 Å². The summed E-state index contributed by atoms with van der Waals surface area (Å²) in [5.74, 6) is 1.52. The first-order chi connectivity index (χ1) is 16.6. The summed E-state index contributed by atoms with van der Waals surface area (Å²) in [6.45, 7) is 6.41. The van der Waals surface area contributed by atoms with Crippen LogP contribution in [0.4, 0.5) is 0 Å². The highest BCUT2D eigenvalue weighted by atomic mass is 32.1. The second-order valence-corrected chi connectivity index (χ2v) is 9.14. The van der Waals surface area contributed by atoms with Crippen molar-refractivity contribution in [3.8, 4) is 22.1 Å². The van der Waals surface area contributed by atoms with Gasteiger partial charge < -0.3 is 19.4 Å². The molecule has 1 amide bonds. The number of piperazine rings is 1. The number of H-pyrrole nitrogens is 1. The van der Waals surface area contributed by atoms with Gasteiger partial charge in [0.15, 0.2) is 11.5 Å². The van der Waals surface area contributed by atoms with Gasteiger partial charge >= 0.3 is 0 Å². The Labute approximate surface area is 202 Å². The Balaban J connectivity index is 1.19. The number of aromatic nitrogens is 2. The Hall–Kier alpha value is -3.36. The lowest BCUT2D eigenvalue weighted by molar-refractivity contribution is 0.0622. The van der Waals surface area contributed by atoms with Crippen LogP contribution in [0.1, 0.15) is 23.1 Å². The minimum Gasteiger partial charge on any atom is -0.493 e. The number of nitrogens with zero attached hydrogens (tertiary/aromatic N) is 3. The lowest BCUT2D eigenvalue weighted by Gasteiger charge is -2.34. The average Bonchev–Trinajstić information content (AvgIpc) is 3.52. The molecule has 4 aromatic rings. The van der Waals surface area contributed by atoms with E-state index in [-0.39, 0.29) is 5.91 Å². The largest absolute Gasteiger partial charge is 0.493 e. The van der Waals surface area contributed by atoms with Gasteiger partial charge in [0.2, 0.25) is 0 Å². The molecule has 0 aliphatic carbocycles. The summed E-state index contributed by atoms with van der Waals surface area (Å²) >= 11 is 1.63. The second-order valence-electron chi connectivity index (χ2n) is 8.28. The number of aromatic amines is 1. The van der Waals surface area contributed by atoms with Crippen LogP contribution in [0.25, 0.3) is 21.5 Å². The molecule has 176 valence electrons. The molecule has 3 heterocycles. The lowest BCUT2D eigenvalue weighted by atomic mass is 10.2. The third-order valence-electron chi connectivity index (χ3n) is 6.07. The maximum absolute atomic E-state index is 13.0. The van der Waals surface area contributed by atoms with Gasteiger partial charge in [-0.2, -0.15) is 0 Å². The summed E-state index contributed by atoms with van der Waals surface area (Å²) in [6, 6.07) is 15.8. The summed E-state index contributed by atoms with van der Waals surface area (Å²) in [5, 5.41) is 4.14. The van der Waals surface area contributed by atoms with Gasteiger partial charge in [-0.3, -0.25) is 9.69 Å². The summed E-state index contributed by atoms with van der Waals surface area (Å²) in [4.78, 5) is 25.3. The number of fused-ring (bicyclic) bond motifs is 1. The minimum absolute atomic E-state index is 0.0660. The van der Waals surface area contributed by atoms with Crippen molar-refractivity contribution in [2.45, 2.75) is 13.5 Å². The molecule has 0 saturated carbocycles. The number of methoxy groups -OCH3 is 1. The predicted octanol–water partition coefficient (Wildman–Crippen LogP) is 4.66. The number of para-hydroxylation sites is 1. The SMILES string of the molecule is CCOc1ccc(-c2nc(CN3CCN(C(=O)c4cc5ccccc5[nH]4)CC3)cs2)cc1OC. The van der Waals surface area contributed by atoms with Crippen molar-refractivity contribution in [2.75, 3.05) is 39.9 Å². The highest BCUT2D eigenvalue weighted by Gasteiger charge is 2.24. The van der Waals surface area contributed by atoms with Crippen LogP contribution in [0.15, 0.2) is 53.9 Å². The van der Waals surface area contributed by atoms with Gasteiger partial charge in [-0.1, -0.05) is 18.2 Å². The molecule has 1 aliphatic heterocycles. The molecule has 7 nitrogen and oxygen atoms in total. The van der Waals surface area contributed by atoms with Gasteiger partial charge in [-0.05, 0) is 37.3 Å². The number of nitrogens with one attached hydrogen (secondary N) is 1. The van der Waals surface area contributed by atoms with Crippen molar-refractivity contribution in [3.63, 3.8) is 0 Å². The smallest absolute Gasteiger partial charge is 0.270 e. The topological polar surface area (TPSA) is 70.7 Å². The van der Waals surface area contributed by atoms with Gasteiger partial charge in [0.1, 0.15) is 10.7 Å². The molecular weight excluding hydrogens is 448 g/mol. The third kappa shape index (κ3) is 4.64. The molecule has 1 N–H and O–H groups in total. The van der Waals surface area contributed by atoms with E-state index in [0.29, 0.717) is 31.1 Å². The van der Waals surface area contributed by atoms with Crippen LogP contribution in [0.2, 0.25) is 0 Å². The molecule has 2 aromatic carbocycles. The molecule has 0 spiro atoms. The first-order valence-electron chi connectivity index (χ1n) is 11.5. The maximum atomic E-state index is 13.0. The van der Waals surface area contributed by atoms with E-state index in [4.69, 9.17) is 14.5 Å². The minimum atomic E-state index is 0.0660. The molecule has 1 fully saturated rings. The van der Waals surface area contributed by atoms with Gasteiger partial charge in [0.05, 0.1) is 19.4 Å². The Morgan fingerprint density at radius 3 is 2.68 bits per heavy atom. The fraction of sp³-hybridized carbons (Fsp3) is 0.308. The molecule has 8 heteroatoms. The van der Waals surface area contributed by atoms with Crippen LogP contribution in [0, 0.1) is 0 Å². The molecular formula is C26H28N4O3S. The number of carbonyl (C=O) groups is 1. The fourth-order valence-electron chi connectivity index (χ4n) is 4.28. The molecule has 0 bridgehead atoms. The zero-order valence-electron chi connectivity index (χ0n) is 19.4. The van der Waals surface area contributed by atoms with Crippen molar-refractivity contribution in [2.24, 2.45) is 0 Å². The van der Waals surface area contributed by atoms with Crippen molar-refractivity contribution >= 4 is 28.1 Å². The quantitative estimate of drug-likeness (QED) is 0.420. The molecule has 1 saturated heterocycles. The zero-order chi connectivity index (χ0) is 23.5. The van der Waals surface area contributed by atoms with Crippen molar-refractivity contribution < 1.29 is 14.3 Å². The first-order valence-corrected chi connectivity index (χ1v) is 12.4. The van der Waals surface area contributed by atoms with Gasteiger partial charge in [-0.15, -0.1) is 11.3 Å². The standard InChI is InChI=1S/C26H28N4O3S/c1-3-33-23-9-8-19(15-24(23)32-2)25-27-20(17-34-25)16-29-10-12-30(13-11-29)26(31)22-14-18-6-4-5-7-21(18)28-22/h4-9,14-15,17,28H,3,10-13,16H2,1-2H3. The van der Waals surface area contributed by atoms with Crippen LogP contribution >= 0.6 is 11.3 Å². The van der Waals surface area contributed by atoms with Crippen LogP contribution in [-0.4, -0.2) is 65.6 Å². The summed E-state index contributed by atoms with van der Waals surface area (Å²) < 4.78 is 11.1. The zero-order valence-corrected chi connectivity index (χ0v) is 20.2. The van der Waals surface area contributed by atoms with Crippen LogP contribution < -0.4 is 9.47 Å². The van der Waals surface area contributed by atoms with Gasteiger partial charge in [0.25, 0.3) is 5.91 Å². The van der Waals surface area contributed by atoms with Crippen LogP contribution in [-0.2, 0) is 6.54 Å². The molecule has 5 rings (SSSR count). The van der Waals surface area contributed by atoms with E-state index in [1.54, 1.807) is 18.4 Å². The molecule has 0 unspecified atom stereocenters. The van der Waals surface area contributed by atoms with E-state index >= 15 is 0 Å². The van der Waals surface area contributed by atoms with E-state index < -0.39 is 0 Å². The van der Waals surface area contributed by atoms with Crippen LogP contribution in [0.3, 0.4) is 0 Å². The summed E-state index contributed by atoms with van der Waals surface area (Å²) in [5.41, 5.74) is 3.71. The fourth-order valence-corrected chi connectivity index (χ4v) is 5.09. The number of ether oxygens (including phenoxy) is 2. The molecule has 2 aromatic heterocycles. The van der Waals surface area contributed by atoms with Crippen molar-refractivity contribution in [3.05, 3.63) is 65.3 Å². The maximum Gasteiger partial charge on any atom is 0.270 e. The molecule has 0 radical (unpaired) electrons. The Morgan fingerprint density at radius 1 is 1.09 bits per heavy atom. The Bertz CT molecular complexity index is 1260. The summed E-state index contributed by atoms with van der Waals surface area (Å²) in [7, 11) is 1.65. The summed E-state index contributed by atoms with van der Waals surface area (Å²) in [6.07, 6.45) is 0. The normalized spacial score (nSPS) is 14.5. The number of hydrogen-bond acceptors (Lipinski definition) is 6. The number of carbonyl (C=O) groups excluding carboxylic acids is 1. The highest BCUT2D eigenvalue weighted by molar-refractivity contribution is 7.13. The van der Waals surface area contributed by atoms with Crippen molar-refractivity contribution in [1.29, 1.82) is 0 Å². The second kappa shape index (κ2) is 9.87. The Kier molecular flexibility index (Phi) is 6.51. The van der Waals surface area contributed by atoms with E-state index in [0.717, 1.165) is 52.6 Å². The van der Waals surface area contributed by atoms with Crippen molar-refractivity contribution in [1.82, 2.24) is 19.8 Å². The van der Waals surface area contributed by atoms with Gasteiger partial charge in [0, 0.05) is 54.6 Å². The molecule has 34 heavy (non-hydrogen) atoms. The van der Waals surface area contributed by atoms with E-state index in [2.05, 4.69) is 15.3 Å². The monoisotopic (exact) mass is 476 g/mol. The number of amides is 1.